The fourth-order valence-electron chi connectivity index (χ4n) is 4.59. The van der Waals surface area contributed by atoms with Crippen molar-refractivity contribution in [3.8, 4) is 0 Å². The zero-order chi connectivity index (χ0) is 36.8. The van der Waals surface area contributed by atoms with Gasteiger partial charge in [0, 0.05) is 18.5 Å². The third kappa shape index (κ3) is 51.1. The molecule has 0 heterocycles. The molecule has 0 fully saturated rings. The summed E-state index contributed by atoms with van der Waals surface area (Å²) in [5.74, 6) is 0. The molecule has 49 heavy (non-hydrogen) atoms. The summed E-state index contributed by atoms with van der Waals surface area (Å²) in [5.41, 5.74) is 0. The number of rotatable bonds is 33. The van der Waals surface area contributed by atoms with Crippen molar-refractivity contribution in [1.82, 2.24) is 0 Å². The molecule has 0 aromatic heterocycles. The molecule has 3 unspecified atom stereocenters. The molecule has 0 saturated carbocycles. The maximum atomic E-state index is 11.4. The van der Waals surface area contributed by atoms with Crippen molar-refractivity contribution in [3.63, 3.8) is 0 Å². The first-order valence-corrected chi connectivity index (χ1v) is 24.9. The average Bonchev–Trinajstić information content (AvgIpc) is 3.04. The summed E-state index contributed by atoms with van der Waals surface area (Å²) >= 11 is 0. The molecule has 0 rings (SSSR count). The van der Waals surface area contributed by atoms with E-state index in [1.54, 1.807) is 0 Å². The van der Waals surface area contributed by atoms with Gasteiger partial charge in [0.05, 0.1) is 19.8 Å². The second-order valence-corrected chi connectivity index (χ2v) is 18.6. The van der Waals surface area contributed by atoms with Gasteiger partial charge in [0.15, 0.2) is 0 Å². The van der Waals surface area contributed by atoms with Crippen LogP contribution in [-0.2, 0) is 44.3 Å². The Morgan fingerprint density at radius 3 is 0.694 bits per heavy atom. The van der Waals surface area contributed by atoms with Crippen LogP contribution in [0.3, 0.4) is 0 Å². The largest absolute Gasteiger partial charge is 3.00 e. The molecule has 0 N–H and O–H groups in total. The Kier molecular flexibility index (Phi) is 48.3. The van der Waals surface area contributed by atoms with E-state index in [4.69, 9.17) is 13.6 Å². The van der Waals surface area contributed by atoms with Crippen molar-refractivity contribution in [2.75, 3.05) is 38.3 Å². The molecule has 0 aliphatic rings. The van der Waals surface area contributed by atoms with Crippen LogP contribution in [0.1, 0.15) is 196 Å². The summed E-state index contributed by atoms with van der Waals surface area (Å²) in [6.45, 7) is 13.8. The molecule has 0 aromatic rings. The minimum absolute atomic E-state index is 0. The first-order chi connectivity index (χ1) is 22.9. The molecule has 0 saturated heterocycles. The smallest absolute Gasteiger partial charge is 0.778 e. The van der Waals surface area contributed by atoms with E-state index < -0.39 is 22.8 Å². The first kappa shape index (κ1) is 56.7. The fourth-order valence-corrected chi connectivity index (χ4v) is 8.03. The van der Waals surface area contributed by atoms with Gasteiger partial charge in [-0.1, -0.05) is 157 Å². The molecular weight excluding hydrogens is 725 g/mol. The van der Waals surface area contributed by atoms with Crippen LogP contribution in [0.25, 0.3) is 0 Å². The van der Waals surface area contributed by atoms with Crippen LogP contribution in [-0.4, -0.2) is 38.3 Å². The van der Waals surface area contributed by atoms with E-state index in [-0.39, 0.29) is 35.6 Å². The standard InChI is InChI=1S/3C12H27O3P.Fe/c3*1-3-5-7-9-11-15-16(13,14)12-10-8-6-4-2;/h3*3-12H2,1-2H3,(H,13,14);/q;;;+3/p-3. The summed E-state index contributed by atoms with van der Waals surface area (Å²) in [7, 11) is -10.6. The Morgan fingerprint density at radius 2 is 0.510 bits per heavy atom. The number of unbranched alkanes of at least 4 members (excludes halogenated alkanes) is 18. The van der Waals surface area contributed by atoms with Crippen molar-refractivity contribution in [3.05, 3.63) is 0 Å². The number of hydrogen-bond donors (Lipinski definition) is 0. The second kappa shape index (κ2) is 41.7. The van der Waals surface area contributed by atoms with Gasteiger partial charge in [-0.2, -0.15) is 0 Å². The van der Waals surface area contributed by atoms with E-state index in [0.717, 1.165) is 154 Å². The molecule has 9 nitrogen and oxygen atoms in total. The van der Waals surface area contributed by atoms with Gasteiger partial charge >= 0.3 is 17.1 Å². The van der Waals surface area contributed by atoms with E-state index in [9.17, 15) is 28.4 Å². The van der Waals surface area contributed by atoms with Crippen LogP contribution in [0.2, 0.25) is 0 Å². The van der Waals surface area contributed by atoms with Gasteiger partial charge in [-0.25, -0.2) is 0 Å². The minimum atomic E-state index is -3.53. The van der Waals surface area contributed by atoms with Crippen molar-refractivity contribution in [2.45, 2.75) is 196 Å². The monoisotopic (exact) mass is 803 g/mol. The molecule has 0 spiro atoms. The van der Waals surface area contributed by atoms with E-state index in [0.29, 0.717) is 19.8 Å². The van der Waals surface area contributed by atoms with Crippen LogP contribution in [0.15, 0.2) is 0 Å². The average molecular weight is 804 g/mol. The van der Waals surface area contributed by atoms with Gasteiger partial charge in [0.1, 0.15) is 22.8 Å². The Balaban J connectivity index is -0.000000307. The van der Waals surface area contributed by atoms with Crippen molar-refractivity contribution < 1.29 is 59.0 Å². The molecule has 13 heteroatoms. The predicted molar refractivity (Wildman–Crippen MR) is 200 cm³/mol. The van der Waals surface area contributed by atoms with E-state index in [2.05, 4.69) is 41.5 Å². The van der Waals surface area contributed by atoms with Gasteiger partial charge in [-0.05, 0) is 38.5 Å². The number of hydrogen-bond acceptors (Lipinski definition) is 9. The van der Waals surface area contributed by atoms with Crippen LogP contribution >= 0.6 is 22.8 Å². The van der Waals surface area contributed by atoms with Crippen molar-refractivity contribution >= 4 is 22.8 Å². The summed E-state index contributed by atoms with van der Waals surface area (Å²) in [6, 6.07) is 0. The van der Waals surface area contributed by atoms with Gasteiger partial charge in [0.2, 0.25) is 0 Å². The predicted octanol–water partition coefficient (Wildman–Crippen LogP) is 11.1. The summed E-state index contributed by atoms with van der Waals surface area (Å²) in [6.07, 6.45) is 25.2. The minimum Gasteiger partial charge on any atom is -0.778 e. The normalized spacial score (nSPS) is 14.6. The van der Waals surface area contributed by atoms with E-state index in [1.165, 1.54) is 0 Å². The van der Waals surface area contributed by atoms with Crippen molar-refractivity contribution in [2.24, 2.45) is 0 Å². The van der Waals surface area contributed by atoms with Crippen molar-refractivity contribution in [1.29, 1.82) is 0 Å². The Bertz CT molecular complexity index is 691. The maximum Gasteiger partial charge on any atom is 3.00 e. The molecule has 1 radical (unpaired) electrons. The van der Waals surface area contributed by atoms with E-state index in [1.807, 2.05) is 0 Å². The van der Waals surface area contributed by atoms with Gasteiger partial charge in [-0.15, -0.1) is 0 Å². The molecular formula is C36H78FeO9P3. The fraction of sp³-hybridized carbons (Fsp3) is 1.00. The van der Waals surface area contributed by atoms with Crippen LogP contribution in [0.5, 0.6) is 0 Å². The van der Waals surface area contributed by atoms with Crippen LogP contribution in [0, 0.1) is 0 Å². The molecule has 299 valence electrons. The molecule has 3 atom stereocenters. The molecule has 0 amide bonds. The third-order valence-electron chi connectivity index (χ3n) is 7.71. The van der Waals surface area contributed by atoms with Crippen LogP contribution < -0.4 is 14.7 Å². The Hall–Kier alpha value is 0.969. The zero-order valence-corrected chi connectivity index (χ0v) is 36.4. The van der Waals surface area contributed by atoms with Gasteiger partial charge in [0.25, 0.3) is 0 Å². The summed E-state index contributed by atoms with van der Waals surface area (Å²) in [5, 5.41) is 0. The van der Waals surface area contributed by atoms with Gasteiger partial charge in [-0.3, -0.25) is 0 Å². The molecule has 0 aliphatic heterocycles. The molecule has 0 aliphatic carbocycles. The molecule has 0 bridgehead atoms. The Labute approximate surface area is 314 Å². The van der Waals surface area contributed by atoms with Gasteiger partial charge < -0.3 is 41.9 Å². The zero-order valence-electron chi connectivity index (χ0n) is 32.6. The maximum absolute atomic E-state index is 11.4. The summed E-state index contributed by atoms with van der Waals surface area (Å²) < 4.78 is 49.2. The SMILES string of the molecule is CCCCCCOP(=O)([O-])CCCCCC.CCCCCCOP(=O)([O-])CCCCCC.CCCCCCOP(=O)([O-])CCCCCC.[Fe+3]. The Morgan fingerprint density at radius 1 is 0.327 bits per heavy atom. The summed E-state index contributed by atoms with van der Waals surface area (Å²) in [4.78, 5) is 34.3. The quantitative estimate of drug-likeness (QED) is 0.0359. The van der Waals surface area contributed by atoms with E-state index >= 15 is 0 Å². The molecule has 0 aromatic carbocycles. The van der Waals surface area contributed by atoms with Crippen LogP contribution in [0.4, 0.5) is 0 Å². The topological polar surface area (TPSA) is 148 Å². The first-order valence-electron chi connectivity index (χ1n) is 19.7. The second-order valence-electron chi connectivity index (χ2n) is 12.9. The third-order valence-corrected chi connectivity index (χ3v) is 12.0.